The van der Waals surface area contributed by atoms with Gasteiger partial charge >= 0.3 is 0 Å². The molecule has 28 heavy (non-hydrogen) atoms. The Morgan fingerprint density at radius 3 is 2.14 bits per heavy atom. The van der Waals surface area contributed by atoms with Gasteiger partial charge in [-0.05, 0) is 55.0 Å². The number of nitrogens with zero attached hydrogens (tertiary/aromatic N) is 3. The van der Waals surface area contributed by atoms with Gasteiger partial charge < -0.3 is 10.6 Å². The molecule has 142 valence electrons. The number of para-hydroxylation sites is 1. The minimum absolute atomic E-state index is 0.0814. The lowest BCUT2D eigenvalue weighted by atomic mass is 10.2. The van der Waals surface area contributed by atoms with Crippen LogP contribution < -0.4 is 10.6 Å². The lowest BCUT2D eigenvalue weighted by Gasteiger charge is -2.26. The highest BCUT2D eigenvalue weighted by Gasteiger charge is 2.18. The summed E-state index contributed by atoms with van der Waals surface area (Å²) in [5.41, 5.74) is 7.43. The summed E-state index contributed by atoms with van der Waals surface area (Å²) in [6.45, 7) is 1.10. The fourth-order valence-electron chi connectivity index (χ4n) is 2.93. The summed E-state index contributed by atoms with van der Waals surface area (Å²) in [5.74, 6) is 0.669. The van der Waals surface area contributed by atoms with Crippen LogP contribution in [-0.4, -0.2) is 34.0 Å². The average molecular weight is 391 g/mol. The van der Waals surface area contributed by atoms with Crippen LogP contribution in [0.4, 0.5) is 11.5 Å². The highest BCUT2D eigenvalue weighted by Crippen LogP contribution is 2.23. The molecule has 6 heteroatoms. The number of amides is 1. The van der Waals surface area contributed by atoms with E-state index in [4.69, 9.17) is 18.0 Å². The summed E-state index contributed by atoms with van der Waals surface area (Å²) in [5, 5.41) is 0.0814. The maximum Gasteiger partial charge on any atom is 0.260 e. The topological polar surface area (TPSA) is 62.5 Å². The van der Waals surface area contributed by atoms with Crippen molar-refractivity contribution < 1.29 is 4.79 Å². The molecule has 1 aromatic heterocycles. The standard InChI is InChI=1S/C22H22N4OS/c23-22(28)26(21(27)18-10-3-1-4-11-18)17-9-16-25(19-12-5-2-6-13-19)20-14-7-8-15-24-20/h1-8,10-15H,9,16-17H2,(H2,23,28). The minimum atomic E-state index is -0.183. The van der Waals surface area contributed by atoms with Crippen molar-refractivity contribution in [3.63, 3.8) is 0 Å². The number of aromatic nitrogens is 1. The number of benzene rings is 2. The normalized spacial score (nSPS) is 10.3. The molecule has 3 aromatic rings. The summed E-state index contributed by atoms with van der Waals surface area (Å²) in [6.07, 6.45) is 2.45. The minimum Gasteiger partial charge on any atom is -0.376 e. The highest BCUT2D eigenvalue weighted by molar-refractivity contribution is 7.80. The van der Waals surface area contributed by atoms with Crippen LogP contribution in [0.3, 0.4) is 0 Å². The van der Waals surface area contributed by atoms with Gasteiger partial charge in [-0.2, -0.15) is 0 Å². The first kappa shape index (κ1) is 19.5. The van der Waals surface area contributed by atoms with Gasteiger partial charge in [0.1, 0.15) is 5.82 Å². The Morgan fingerprint density at radius 1 is 0.893 bits per heavy atom. The molecule has 0 aliphatic carbocycles. The second-order valence-electron chi connectivity index (χ2n) is 6.19. The van der Waals surface area contributed by atoms with Crippen molar-refractivity contribution in [2.75, 3.05) is 18.0 Å². The number of carbonyl (C=O) groups excluding carboxylic acids is 1. The summed E-state index contributed by atoms with van der Waals surface area (Å²) in [6, 6.07) is 24.9. The van der Waals surface area contributed by atoms with Crippen molar-refractivity contribution in [2.45, 2.75) is 6.42 Å². The second kappa shape index (κ2) is 9.62. The molecule has 0 fully saturated rings. The van der Waals surface area contributed by atoms with Crippen molar-refractivity contribution in [1.29, 1.82) is 0 Å². The maximum absolute atomic E-state index is 12.7. The van der Waals surface area contributed by atoms with Gasteiger partial charge in [0, 0.05) is 30.5 Å². The third kappa shape index (κ3) is 4.92. The van der Waals surface area contributed by atoms with Crippen LogP contribution in [0.1, 0.15) is 16.8 Å². The largest absolute Gasteiger partial charge is 0.376 e. The quantitative estimate of drug-likeness (QED) is 0.618. The van der Waals surface area contributed by atoms with E-state index >= 15 is 0 Å². The zero-order valence-corrected chi connectivity index (χ0v) is 16.3. The van der Waals surface area contributed by atoms with Crippen LogP contribution in [0.2, 0.25) is 0 Å². The smallest absolute Gasteiger partial charge is 0.260 e. The van der Waals surface area contributed by atoms with Crippen LogP contribution in [-0.2, 0) is 0 Å². The molecule has 0 radical (unpaired) electrons. The molecule has 0 spiro atoms. The van der Waals surface area contributed by atoms with E-state index < -0.39 is 0 Å². The lowest BCUT2D eigenvalue weighted by Crippen LogP contribution is -2.42. The highest BCUT2D eigenvalue weighted by atomic mass is 32.1. The average Bonchev–Trinajstić information content (AvgIpc) is 2.75. The third-order valence-electron chi connectivity index (χ3n) is 4.29. The van der Waals surface area contributed by atoms with Crippen molar-refractivity contribution in [1.82, 2.24) is 9.88 Å². The zero-order valence-electron chi connectivity index (χ0n) is 15.4. The number of nitrogens with two attached hydrogens (primary N) is 1. The van der Waals surface area contributed by atoms with Crippen LogP contribution in [0.5, 0.6) is 0 Å². The monoisotopic (exact) mass is 390 g/mol. The van der Waals surface area contributed by atoms with Crippen LogP contribution in [0.25, 0.3) is 0 Å². The summed E-state index contributed by atoms with van der Waals surface area (Å²) < 4.78 is 0. The van der Waals surface area contributed by atoms with Gasteiger partial charge in [-0.3, -0.25) is 9.69 Å². The molecule has 0 saturated heterocycles. The fraction of sp³-hybridized carbons (Fsp3) is 0.136. The predicted molar refractivity (Wildman–Crippen MR) is 117 cm³/mol. The molecule has 2 aromatic carbocycles. The van der Waals surface area contributed by atoms with E-state index in [1.807, 2.05) is 66.7 Å². The molecule has 0 aliphatic rings. The first-order chi connectivity index (χ1) is 13.7. The number of hydrogen-bond donors (Lipinski definition) is 1. The van der Waals surface area contributed by atoms with E-state index in [2.05, 4.69) is 9.88 Å². The SMILES string of the molecule is NC(=S)N(CCCN(c1ccccc1)c1ccccn1)C(=O)c1ccccc1. The van der Waals surface area contributed by atoms with Gasteiger partial charge in [0.05, 0.1) is 0 Å². The Labute approximate surface area is 170 Å². The molecule has 2 N–H and O–H groups in total. The number of anilines is 2. The van der Waals surface area contributed by atoms with Gasteiger partial charge in [0.2, 0.25) is 0 Å². The zero-order chi connectivity index (χ0) is 19.8. The van der Waals surface area contributed by atoms with Gasteiger partial charge in [-0.15, -0.1) is 0 Å². The Hall–Kier alpha value is -3.25. The number of carbonyl (C=O) groups is 1. The van der Waals surface area contributed by atoms with Crippen LogP contribution in [0, 0.1) is 0 Å². The molecule has 0 aliphatic heterocycles. The fourth-order valence-corrected chi connectivity index (χ4v) is 3.11. The third-order valence-corrected chi connectivity index (χ3v) is 4.51. The molecule has 0 bridgehead atoms. The lowest BCUT2D eigenvalue weighted by molar-refractivity contribution is 0.0848. The number of rotatable bonds is 7. The molecule has 3 rings (SSSR count). The first-order valence-corrected chi connectivity index (χ1v) is 9.47. The van der Waals surface area contributed by atoms with Crippen molar-refractivity contribution in [3.8, 4) is 0 Å². The Balaban J connectivity index is 1.72. The first-order valence-electron chi connectivity index (χ1n) is 9.07. The van der Waals surface area contributed by atoms with Gasteiger partial charge in [0.15, 0.2) is 5.11 Å². The predicted octanol–water partition coefficient (Wildman–Crippen LogP) is 4.00. The Morgan fingerprint density at radius 2 is 1.54 bits per heavy atom. The van der Waals surface area contributed by atoms with E-state index in [1.165, 1.54) is 4.90 Å². The Kier molecular flexibility index (Phi) is 6.70. The van der Waals surface area contributed by atoms with E-state index in [9.17, 15) is 4.79 Å². The van der Waals surface area contributed by atoms with Crippen molar-refractivity contribution in [2.24, 2.45) is 5.73 Å². The van der Waals surface area contributed by atoms with E-state index in [0.717, 1.165) is 11.5 Å². The number of pyridine rings is 1. The van der Waals surface area contributed by atoms with Crippen molar-refractivity contribution in [3.05, 3.63) is 90.6 Å². The molecule has 1 amide bonds. The molecular weight excluding hydrogens is 368 g/mol. The number of thiocarbonyl (C=S) groups is 1. The van der Waals surface area contributed by atoms with Crippen LogP contribution >= 0.6 is 12.2 Å². The van der Waals surface area contributed by atoms with E-state index in [-0.39, 0.29) is 11.0 Å². The molecule has 0 saturated carbocycles. The van der Waals surface area contributed by atoms with Gasteiger partial charge in [-0.25, -0.2) is 4.98 Å². The molecule has 0 atom stereocenters. The summed E-state index contributed by atoms with van der Waals surface area (Å²) in [4.78, 5) is 20.8. The number of hydrogen-bond acceptors (Lipinski definition) is 4. The second-order valence-corrected chi connectivity index (χ2v) is 6.61. The van der Waals surface area contributed by atoms with Gasteiger partial charge in [-0.1, -0.05) is 42.5 Å². The summed E-state index contributed by atoms with van der Waals surface area (Å²) in [7, 11) is 0. The molecule has 0 unspecified atom stereocenters. The molecular formula is C22H22N4OS. The van der Waals surface area contributed by atoms with Gasteiger partial charge in [0.25, 0.3) is 5.91 Å². The molecule has 1 heterocycles. The van der Waals surface area contributed by atoms with Crippen molar-refractivity contribution >= 4 is 34.7 Å². The van der Waals surface area contributed by atoms with E-state index in [1.54, 1.807) is 18.3 Å². The summed E-state index contributed by atoms with van der Waals surface area (Å²) >= 11 is 5.12. The maximum atomic E-state index is 12.7. The van der Waals surface area contributed by atoms with Crippen LogP contribution in [0.15, 0.2) is 85.1 Å². The Bertz CT molecular complexity index is 864. The molecule has 5 nitrogen and oxygen atoms in total. The van der Waals surface area contributed by atoms with E-state index in [0.29, 0.717) is 25.1 Å².